The summed E-state index contributed by atoms with van der Waals surface area (Å²) < 4.78 is 4.79. The number of carbonyl (C=O) groups excluding carboxylic acids is 1. The van der Waals surface area contributed by atoms with Gasteiger partial charge in [-0.1, -0.05) is 30.3 Å². The van der Waals surface area contributed by atoms with Gasteiger partial charge < -0.3 is 26.0 Å². The van der Waals surface area contributed by atoms with E-state index >= 15 is 0 Å². The molecule has 10 heteroatoms. The van der Waals surface area contributed by atoms with Gasteiger partial charge in [-0.2, -0.15) is 0 Å². The van der Waals surface area contributed by atoms with Gasteiger partial charge in [0.25, 0.3) is 0 Å². The number of ether oxygens (including phenoxy) is 1. The first-order chi connectivity index (χ1) is 13.8. The van der Waals surface area contributed by atoms with Crippen LogP contribution in [0.5, 0.6) is 0 Å². The van der Waals surface area contributed by atoms with Crippen LogP contribution in [0.2, 0.25) is 0 Å². The maximum atomic E-state index is 11.3. The second-order valence-electron chi connectivity index (χ2n) is 5.32. The number of hydrogen-bond acceptors (Lipinski definition) is 7. The van der Waals surface area contributed by atoms with Crippen molar-refractivity contribution in [2.24, 2.45) is 0 Å². The molecule has 1 amide bonds. The number of carboxylic acids is 2. The van der Waals surface area contributed by atoms with E-state index in [1.807, 2.05) is 30.3 Å². The monoisotopic (exact) mass is 402 g/mol. The molecule has 1 heterocycles. The summed E-state index contributed by atoms with van der Waals surface area (Å²) >= 11 is 0. The Labute approximate surface area is 167 Å². The average molecular weight is 402 g/mol. The van der Waals surface area contributed by atoms with Crippen LogP contribution in [-0.2, 0) is 20.9 Å². The Morgan fingerprint density at radius 2 is 1.69 bits per heavy atom. The standard InChI is InChI=1S/C15H18N4O2.C4H4O4/c1-2-21-15(20)18-12-8-9-13(19-14(12)16)17-10-11-6-4-3-5-7-11;5-3(6)1-2-4(7)8/h3-9H,2,10H2,1H3,(H,18,20)(H3,16,17,19);1-2H,(H,5,6)(H,7,8)/b;2-1+. The van der Waals surface area contributed by atoms with E-state index in [2.05, 4.69) is 15.6 Å². The van der Waals surface area contributed by atoms with Crippen LogP contribution in [0.4, 0.5) is 22.1 Å². The minimum Gasteiger partial charge on any atom is -0.478 e. The molecule has 29 heavy (non-hydrogen) atoms. The van der Waals surface area contributed by atoms with Gasteiger partial charge in [-0.3, -0.25) is 5.32 Å². The number of carboxylic acid groups (broad SMARTS) is 2. The van der Waals surface area contributed by atoms with Crippen LogP contribution in [0.1, 0.15) is 12.5 Å². The van der Waals surface area contributed by atoms with Crippen molar-refractivity contribution in [3.8, 4) is 0 Å². The Morgan fingerprint density at radius 1 is 1.07 bits per heavy atom. The van der Waals surface area contributed by atoms with Gasteiger partial charge in [0.05, 0.1) is 12.3 Å². The minimum atomic E-state index is -1.26. The zero-order chi connectivity index (χ0) is 21.6. The molecule has 0 aliphatic carbocycles. The largest absolute Gasteiger partial charge is 0.478 e. The predicted molar refractivity (Wildman–Crippen MR) is 107 cm³/mol. The molecule has 154 valence electrons. The predicted octanol–water partition coefficient (Wildman–Crippen LogP) is 2.56. The smallest absolute Gasteiger partial charge is 0.411 e. The van der Waals surface area contributed by atoms with E-state index in [0.717, 1.165) is 5.56 Å². The third-order valence-corrected chi connectivity index (χ3v) is 3.12. The number of aliphatic carboxylic acids is 2. The molecule has 0 aliphatic rings. The molecule has 10 nitrogen and oxygen atoms in total. The van der Waals surface area contributed by atoms with Crippen LogP contribution in [0.15, 0.2) is 54.6 Å². The average Bonchev–Trinajstić information content (AvgIpc) is 2.68. The molecular formula is C19H22N4O6. The minimum absolute atomic E-state index is 0.237. The van der Waals surface area contributed by atoms with Crippen LogP contribution in [-0.4, -0.2) is 39.8 Å². The molecule has 6 N–H and O–H groups in total. The fourth-order valence-electron chi connectivity index (χ4n) is 1.89. The summed E-state index contributed by atoms with van der Waals surface area (Å²) in [6, 6.07) is 13.4. The number of anilines is 3. The molecule has 0 fully saturated rings. The Bertz CT molecular complexity index is 839. The zero-order valence-corrected chi connectivity index (χ0v) is 15.7. The van der Waals surface area contributed by atoms with Crippen molar-refractivity contribution >= 4 is 35.4 Å². The number of nitrogens with one attached hydrogen (secondary N) is 2. The maximum absolute atomic E-state index is 11.3. The zero-order valence-electron chi connectivity index (χ0n) is 15.7. The van der Waals surface area contributed by atoms with Crippen molar-refractivity contribution in [1.82, 2.24) is 4.98 Å². The summed E-state index contributed by atoms with van der Waals surface area (Å²) in [6.07, 6.45) is 0.570. The normalized spacial score (nSPS) is 9.83. The maximum Gasteiger partial charge on any atom is 0.411 e. The lowest BCUT2D eigenvalue weighted by atomic mass is 10.2. The van der Waals surface area contributed by atoms with Gasteiger partial charge in [-0.15, -0.1) is 0 Å². The van der Waals surface area contributed by atoms with E-state index in [-0.39, 0.29) is 5.82 Å². The second-order valence-corrected chi connectivity index (χ2v) is 5.32. The topological polar surface area (TPSA) is 164 Å². The van der Waals surface area contributed by atoms with Gasteiger partial charge in [-0.25, -0.2) is 19.4 Å². The van der Waals surface area contributed by atoms with Crippen molar-refractivity contribution in [1.29, 1.82) is 0 Å². The first-order valence-electron chi connectivity index (χ1n) is 8.43. The fourth-order valence-corrected chi connectivity index (χ4v) is 1.89. The number of hydrogen-bond donors (Lipinski definition) is 5. The summed E-state index contributed by atoms with van der Waals surface area (Å²) in [4.78, 5) is 34.6. The molecule has 0 spiro atoms. The Balaban J connectivity index is 0.000000447. The summed E-state index contributed by atoms with van der Waals surface area (Å²) in [5, 5.41) is 21.3. The highest BCUT2D eigenvalue weighted by Crippen LogP contribution is 2.19. The van der Waals surface area contributed by atoms with Crippen LogP contribution >= 0.6 is 0 Å². The van der Waals surface area contributed by atoms with Crippen molar-refractivity contribution in [3.63, 3.8) is 0 Å². The van der Waals surface area contributed by atoms with Crippen molar-refractivity contribution in [3.05, 3.63) is 60.2 Å². The highest BCUT2D eigenvalue weighted by atomic mass is 16.5. The van der Waals surface area contributed by atoms with E-state index in [0.29, 0.717) is 36.8 Å². The number of carbonyl (C=O) groups is 3. The number of pyridine rings is 1. The summed E-state index contributed by atoms with van der Waals surface area (Å²) in [7, 11) is 0. The van der Waals surface area contributed by atoms with E-state index in [1.165, 1.54) is 0 Å². The molecule has 0 aliphatic heterocycles. The van der Waals surface area contributed by atoms with Crippen LogP contribution in [0.3, 0.4) is 0 Å². The lowest BCUT2D eigenvalue weighted by Gasteiger charge is -2.10. The number of aromatic nitrogens is 1. The Kier molecular flexibility index (Phi) is 9.76. The van der Waals surface area contributed by atoms with Crippen LogP contribution in [0, 0.1) is 0 Å². The second kappa shape index (κ2) is 12.3. The quantitative estimate of drug-likeness (QED) is 0.438. The van der Waals surface area contributed by atoms with E-state index in [9.17, 15) is 14.4 Å². The number of rotatable bonds is 7. The SMILES string of the molecule is CCOC(=O)Nc1ccc(NCc2ccccc2)nc1N.O=C(O)/C=C/C(=O)O. The van der Waals surface area contributed by atoms with Crippen molar-refractivity contribution in [2.45, 2.75) is 13.5 Å². The van der Waals surface area contributed by atoms with Gasteiger partial charge in [0.1, 0.15) is 11.6 Å². The van der Waals surface area contributed by atoms with E-state index in [4.69, 9.17) is 20.7 Å². The number of nitrogens with zero attached hydrogens (tertiary/aromatic N) is 1. The van der Waals surface area contributed by atoms with Gasteiger partial charge in [-0.05, 0) is 24.6 Å². The van der Waals surface area contributed by atoms with E-state index < -0.39 is 18.0 Å². The van der Waals surface area contributed by atoms with Crippen LogP contribution in [0.25, 0.3) is 0 Å². The first-order valence-corrected chi connectivity index (χ1v) is 8.43. The number of nitrogens with two attached hydrogens (primary N) is 1. The van der Waals surface area contributed by atoms with Crippen molar-refractivity contribution in [2.75, 3.05) is 23.0 Å². The lowest BCUT2D eigenvalue weighted by molar-refractivity contribution is -0.134. The lowest BCUT2D eigenvalue weighted by Crippen LogP contribution is -2.15. The third kappa shape index (κ3) is 9.99. The molecule has 1 aromatic heterocycles. The molecule has 2 rings (SSSR count). The summed E-state index contributed by atoms with van der Waals surface area (Å²) in [5.74, 6) is -1.63. The third-order valence-electron chi connectivity index (χ3n) is 3.12. The molecular weight excluding hydrogens is 380 g/mol. The molecule has 0 saturated carbocycles. The molecule has 0 unspecified atom stereocenters. The van der Waals surface area contributed by atoms with Gasteiger partial charge in [0.15, 0.2) is 0 Å². The van der Waals surface area contributed by atoms with Gasteiger partial charge in [0.2, 0.25) is 0 Å². The van der Waals surface area contributed by atoms with E-state index in [1.54, 1.807) is 19.1 Å². The first kappa shape index (κ1) is 23.0. The number of amides is 1. The van der Waals surface area contributed by atoms with Crippen LogP contribution < -0.4 is 16.4 Å². The molecule has 1 aromatic carbocycles. The molecule has 0 radical (unpaired) electrons. The summed E-state index contributed by atoms with van der Waals surface area (Å²) in [5.41, 5.74) is 7.39. The Hall–Kier alpha value is -4.08. The van der Waals surface area contributed by atoms with Gasteiger partial charge in [0, 0.05) is 18.7 Å². The molecule has 0 atom stereocenters. The number of nitrogen functional groups attached to an aromatic ring is 1. The van der Waals surface area contributed by atoms with Gasteiger partial charge >= 0.3 is 18.0 Å². The fraction of sp³-hybridized carbons (Fsp3) is 0.158. The highest BCUT2D eigenvalue weighted by molar-refractivity contribution is 5.89. The Morgan fingerprint density at radius 3 is 2.21 bits per heavy atom. The van der Waals surface area contributed by atoms with Crippen molar-refractivity contribution < 1.29 is 29.3 Å². The molecule has 2 aromatic rings. The molecule has 0 bridgehead atoms. The highest BCUT2D eigenvalue weighted by Gasteiger charge is 2.07. The summed E-state index contributed by atoms with van der Waals surface area (Å²) in [6.45, 7) is 2.69. The number of benzene rings is 1. The molecule has 0 saturated heterocycles.